The third-order valence-corrected chi connectivity index (χ3v) is 3.28. The third-order valence-electron chi connectivity index (χ3n) is 1.09. The summed E-state index contributed by atoms with van der Waals surface area (Å²) >= 11 is 0. The first-order valence-electron chi connectivity index (χ1n) is 3.54. The van der Waals surface area contributed by atoms with Gasteiger partial charge in [-0.15, -0.1) is 13.2 Å². The Bertz CT molecular complexity index is 91.4. The van der Waals surface area contributed by atoms with Crippen molar-refractivity contribution in [2.75, 3.05) is 6.61 Å². The summed E-state index contributed by atoms with van der Waals surface area (Å²) in [5.74, 6) is 0. The molecule has 0 amide bonds. The molecule has 0 aliphatic carbocycles. The Morgan fingerprint density at radius 3 is 2.10 bits per heavy atom. The molecule has 0 aromatic heterocycles. The van der Waals surface area contributed by atoms with Crippen LogP contribution in [0.1, 0.15) is 6.92 Å². The lowest BCUT2D eigenvalue weighted by atomic mass is 10.7. The van der Waals surface area contributed by atoms with Crippen molar-refractivity contribution in [2.24, 2.45) is 0 Å². The zero-order valence-corrected chi connectivity index (χ0v) is 7.60. The van der Waals surface area contributed by atoms with E-state index in [0.717, 1.165) is 18.7 Å². The maximum atomic E-state index is 5.48. The molecule has 0 aliphatic heterocycles. The minimum absolute atomic E-state index is 0.633. The minimum Gasteiger partial charge on any atom is -0.416 e. The summed E-state index contributed by atoms with van der Waals surface area (Å²) in [5.41, 5.74) is 0. The van der Waals surface area contributed by atoms with E-state index in [0.29, 0.717) is 0 Å². The lowest BCUT2D eigenvalue weighted by Gasteiger charge is -2.08. The molecule has 1 radical (unpaired) electrons. The fourth-order valence-electron chi connectivity index (χ4n) is 0.727. The molecule has 0 bridgehead atoms. The van der Waals surface area contributed by atoms with Crippen molar-refractivity contribution in [3.05, 3.63) is 25.3 Å². The molecule has 0 heterocycles. The highest BCUT2D eigenvalue weighted by Crippen LogP contribution is 2.02. The van der Waals surface area contributed by atoms with E-state index >= 15 is 0 Å². The molecule has 0 aliphatic rings. The van der Waals surface area contributed by atoms with Crippen LogP contribution in [0.2, 0.25) is 12.1 Å². The normalized spacial score (nSPS) is 9.80. The van der Waals surface area contributed by atoms with E-state index in [2.05, 4.69) is 13.2 Å². The molecule has 1 nitrogen and oxygen atoms in total. The van der Waals surface area contributed by atoms with Gasteiger partial charge in [-0.1, -0.05) is 12.2 Å². The summed E-state index contributed by atoms with van der Waals surface area (Å²) < 4.78 is 5.48. The summed E-state index contributed by atoms with van der Waals surface area (Å²) in [5, 5.41) is 0. The molecule has 0 saturated heterocycles. The molecule has 0 fully saturated rings. The van der Waals surface area contributed by atoms with E-state index < -0.39 is 9.04 Å². The zero-order chi connectivity index (χ0) is 7.82. The third kappa shape index (κ3) is 4.53. The highest BCUT2D eigenvalue weighted by molar-refractivity contribution is 6.52. The minimum atomic E-state index is -0.633. The van der Waals surface area contributed by atoms with Gasteiger partial charge in [0.2, 0.25) is 9.04 Å². The number of allylic oxidation sites excluding steroid dienone is 2. The van der Waals surface area contributed by atoms with Gasteiger partial charge in [-0.25, -0.2) is 0 Å². The smallest absolute Gasteiger partial charge is 0.219 e. The van der Waals surface area contributed by atoms with Crippen LogP contribution in [0.25, 0.3) is 0 Å². The highest BCUT2D eigenvalue weighted by atomic mass is 28.3. The first-order chi connectivity index (χ1) is 4.85. The predicted molar refractivity (Wildman–Crippen MR) is 47.4 cm³/mol. The average Bonchev–Trinajstić information content (AvgIpc) is 1.90. The second-order valence-corrected chi connectivity index (χ2v) is 4.14. The Kier molecular flexibility index (Phi) is 6.54. The van der Waals surface area contributed by atoms with Crippen LogP contribution < -0.4 is 0 Å². The molecule has 0 aromatic carbocycles. The van der Waals surface area contributed by atoms with E-state index in [1.807, 2.05) is 19.1 Å². The van der Waals surface area contributed by atoms with Crippen molar-refractivity contribution in [2.45, 2.75) is 19.0 Å². The van der Waals surface area contributed by atoms with E-state index in [1.54, 1.807) is 0 Å². The van der Waals surface area contributed by atoms with Gasteiger partial charge in [0, 0.05) is 6.61 Å². The van der Waals surface area contributed by atoms with E-state index in [-0.39, 0.29) is 0 Å². The Hall–Kier alpha value is -0.343. The molecule has 0 N–H and O–H groups in total. The van der Waals surface area contributed by atoms with Gasteiger partial charge in [0.05, 0.1) is 0 Å². The van der Waals surface area contributed by atoms with E-state index in [9.17, 15) is 0 Å². The second-order valence-electron chi connectivity index (χ2n) is 1.96. The van der Waals surface area contributed by atoms with E-state index in [1.165, 1.54) is 0 Å². The quantitative estimate of drug-likeness (QED) is 0.423. The number of rotatable bonds is 6. The molecular formula is C8H15OSi. The Morgan fingerprint density at radius 2 is 1.80 bits per heavy atom. The van der Waals surface area contributed by atoms with E-state index in [4.69, 9.17) is 4.43 Å². The summed E-state index contributed by atoms with van der Waals surface area (Å²) in [6.07, 6.45) is 3.85. The maximum absolute atomic E-state index is 5.48. The monoisotopic (exact) mass is 155 g/mol. The van der Waals surface area contributed by atoms with Crippen LogP contribution in [-0.4, -0.2) is 15.6 Å². The van der Waals surface area contributed by atoms with Gasteiger partial charge in [-0.2, -0.15) is 0 Å². The van der Waals surface area contributed by atoms with Gasteiger partial charge < -0.3 is 4.43 Å². The topological polar surface area (TPSA) is 9.23 Å². The fraction of sp³-hybridized carbons (Fsp3) is 0.500. The first kappa shape index (κ1) is 9.66. The first-order valence-corrected chi connectivity index (χ1v) is 5.36. The molecule has 0 aromatic rings. The maximum Gasteiger partial charge on any atom is 0.219 e. The molecule has 0 atom stereocenters. The molecule has 2 heteroatoms. The van der Waals surface area contributed by atoms with Crippen LogP contribution in [0, 0.1) is 0 Å². The summed E-state index contributed by atoms with van der Waals surface area (Å²) in [7, 11) is -0.633. The second kappa shape index (κ2) is 6.77. The molecule has 0 unspecified atom stereocenters. The fourth-order valence-corrected chi connectivity index (χ4v) is 2.18. The van der Waals surface area contributed by atoms with Crippen LogP contribution in [0.3, 0.4) is 0 Å². The highest BCUT2D eigenvalue weighted by Gasteiger charge is 2.06. The molecular weight excluding hydrogens is 140 g/mol. The molecule has 10 heavy (non-hydrogen) atoms. The predicted octanol–water partition coefficient (Wildman–Crippen LogP) is 2.39. The van der Waals surface area contributed by atoms with Gasteiger partial charge >= 0.3 is 0 Å². The van der Waals surface area contributed by atoms with Crippen molar-refractivity contribution in [1.29, 1.82) is 0 Å². The lowest BCUT2D eigenvalue weighted by molar-refractivity contribution is 0.345. The SMILES string of the molecule is C=CC[Si](CC=C)OCC. The zero-order valence-electron chi connectivity index (χ0n) is 6.60. The molecule has 0 rings (SSSR count). The van der Waals surface area contributed by atoms with Crippen molar-refractivity contribution in [3.8, 4) is 0 Å². The standard InChI is InChI=1S/C8H15OSi/c1-4-7-10(8-5-2)9-6-3/h4-5H,1-2,6-8H2,3H3. The van der Waals surface area contributed by atoms with Crippen LogP contribution in [-0.2, 0) is 4.43 Å². The summed E-state index contributed by atoms with van der Waals surface area (Å²) in [4.78, 5) is 0. The van der Waals surface area contributed by atoms with Crippen LogP contribution in [0.4, 0.5) is 0 Å². The van der Waals surface area contributed by atoms with Crippen molar-refractivity contribution in [3.63, 3.8) is 0 Å². The van der Waals surface area contributed by atoms with Gasteiger partial charge in [0.1, 0.15) is 0 Å². The number of hydrogen-bond acceptors (Lipinski definition) is 1. The number of hydrogen-bond donors (Lipinski definition) is 0. The Balaban J connectivity index is 3.48. The molecule has 57 valence electrons. The van der Waals surface area contributed by atoms with Gasteiger partial charge in [-0.3, -0.25) is 0 Å². The van der Waals surface area contributed by atoms with Crippen LogP contribution >= 0.6 is 0 Å². The van der Waals surface area contributed by atoms with Crippen LogP contribution in [0.5, 0.6) is 0 Å². The summed E-state index contributed by atoms with van der Waals surface area (Å²) in [6, 6.07) is 2.04. The lowest BCUT2D eigenvalue weighted by Crippen LogP contribution is -2.15. The molecule has 0 saturated carbocycles. The van der Waals surface area contributed by atoms with Gasteiger partial charge in [0.25, 0.3) is 0 Å². The average molecular weight is 155 g/mol. The van der Waals surface area contributed by atoms with Gasteiger partial charge in [0.15, 0.2) is 0 Å². The largest absolute Gasteiger partial charge is 0.416 e. The van der Waals surface area contributed by atoms with Crippen molar-refractivity contribution >= 4 is 9.04 Å². The van der Waals surface area contributed by atoms with Crippen molar-refractivity contribution < 1.29 is 4.43 Å². The summed E-state index contributed by atoms with van der Waals surface area (Å²) in [6.45, 7) is 10.2. The Labute approximate surface area is 65.1 Å². The van der Waals surface area contributed by atoms with Crippen molar-refractivity contribution in [1.82, 2.24) is 0 Å². The molecule has 0 spiro atoms. The Morgan fingerprint density at radius 1 is 1.30 bits per heavy atom. The van der Waals surface area contributed by atoms with Crippen LogP contribution in [0.15, 0.2) is 25.3 Å². The van der Waals surface area contributed by atoms with Gasteiger partial charge in [-0.05, 0) is 19.0 Å².